The number of hydrogen-bond acceptors (Lipinski definition) is 7. The number of amides is 1. The predicted octanol–water partition coefficient (Wildman–Crippen LogP) is 5.25. The Bertz CT molecular complexity index is 1330. The van der Waals surface area contributed by atoms with E-state index in [0.717, 1.165) is 34.0 Å². The van der Waals surface area contributed by atoms with Crippen LogP contribution < -0.4 is 4.72 Å². The molecule has 0 aliphatic rings. The second kappa shape index (κ2) is 11.5. The van der Waals surface area contributed by atoms with Gasteiger partial charge in [0.15, 0.2) is 0 Å². The largest absolute Gasteiger partial charge is 0.449 e. The smallest absolute Gasteiger partial charge is 0.421 e. The standard InChI is InChI=1S/C25H30N4O4S2/c1-5-6-11-33-25(30)28-35(31,32)24-23(14-22(34-24)12-17(2)3)19-7-8-20(21(13-19)15-26)16-29-10-9-27-18(29)4/h7-10,13-14,17H,5-6,11-12,16H2,1-4H3,(H,28,30). The molecule has 0 bridgehead atoms. The first-order chi connectivity index (χ1) is 16.6. The van der Waals surface area contributed by atoms with Gasteiger partial charge in [0, 0.05) is 22.8 Å². The second-order valence-corrected chi connectivity index (χ2v) is 11.7. The lowest BCUT2D eigenvalue weighted by atomic mass is 10.0. The molecule has 3 aromatic rings. The molecule has 0 aliphatic heterocycles. The molecule has 10 heteroatoms. The molecule has 0 saturated heterocycles. The van der Waals surface area contributed by atoms with E-state index in [1.807, 2.05) is 47.5 Å². The third-order valence-electron chi connectivity index (χ3n) is 5.36. The second-order valence-electron chi connectivity index (χ2n) is 8.69. The summed E-state index contributed by atoms with van der Waals surface area (Å²) < 4.78 is 35.3. The zero-order valence-electron chi connectivity index (χ0n) is 20.4. The number of rotatable bonds is 10. The third kappa shape index (κ3) is 6.71. The van der Waals surface area contributed by atoms with Crippen LogP contribution in [-0.2, 0) is 27.7 Å². The van der Waals surface area contributed by atoms with Crippen molar-refractivity contribution >= 4 is 27.5 Å². The van der Waals surface area contributed by atoms with E-state index in [0.29, 0.717) is 42.0 Å². The summed E-state index contributed by atoms with van der Waals surface area (Å²) >= 11 is 1.13. The fraction of sp³-hybridized carbons (Fsp3) is 0.400. The van der Waals surface area contributed by atoms with E-state index in [2.05, 4.69) is 24.9 Å². The Labute approximate surface area is 210 Å². The van der Waals surface area contributed by atoms with Gasteiger partial charge in [-0.05, 0) is 48.9 Å². The summed E-state index contributed by atoms with van der Waals surface area (Å²) in [5.41, 5.74) is 2.31. The molecular weight excluding hydrogens is 484 g/mol. The first kappa shape index (κ1) is 26.4. The van der Waals surface area contributed by atoms with Gasteiger partial charge >= 0.3 is 6.09 Å². The Morgan fingerprint density at radius 3 is 2.71 bits per heavy atom. The van der Waals surface area contributed by atoms with Crippen LogP contribution in [0.2, 0.25) is 0 Å². The van der Waals surface area contributed by atoms with Crippen molar-refractivity contribution in [2.45, 2.75) is 57.7 Å². The molecule has 186 valence electrons. The van der Waals surface area contributed by atoms with Crippen molar-refractivity contribution in [3.8, 4) is 17.2 Å². The van der Waals surface area contributed by atoms with Crippen LogP contribution in [0.5, 0.6) is 0 Å². The lowest BCUT2D eigenvalue weighted by molar-refractivity contribution is 0.151. The fourth-order valence-corrected chi connectivity index (χ4v) is 6.40. The Balaban J connectivity index is 1.99. The van der Waals surface area contributed by atoms with Crippen LogP contribution in [0, 0.1) is 24.2 Å². The zero-order chi connectivity index (χ0) is 25.6. The van der Waals surface area contributed by atoms with Crippen LogP contribution in [0.25, 0.3) is 11.1 Å². The number of hydrogen-bond donors (Lipinski definition) is 1. The van der Waals surface area contributed by atoms with Crippen molar-refractivity contribution in [2.24, 2.45) is 5.92 Å². The minimum atomic E-state index is -4.17. The average molecular weight is 515 g/mol. The summed E-state index contributed by atoms with van der Waals surface area (Å²) in [5.74, 6) is 1.15. The molecule has 1 aromatic carbocycles. The van der Waals surface area contributed by atoms with Crippen molar-refractivity contribution in [3.63, 3.8) is 0 Å². The molecule has 1 amide bonds. The van der Waals surface area contributed by atoms with Crippen LogP contribution in [0.15, 0.2) is 40.9 Å². The Hall–Kier alpha value is -3.16. The maximum atomic E-state index is 13.2. The van der Waals surface area contributed by atoms with Gasteiger partial charge in [0.25, 0.3) is 10.0 Å². The van der Waals surface area contributed by atoms with Crippen molar-refractivity contribution in [1.82, 2.24) is 14.3 Å². The number of ether oxygens (including phenoxy) is 1. The number of thiophene rings is 1. The highest BCUT2D eigenvalue weighted by molar-refractivity contribution is 7.92. The molecule has 3 rings (SSSR count). The Morgan fingerprint density at radius 2 is 2.09 bits per heavy atom. The fourth-order valence-electron chi connectivity index (χ4n) is 3.56. The average Bonchev–Trinajstić information content (AvgIpc) is 3.40. The summed E-state index contributed by atoms with van der Waals surface area (Å²) in [6.07, 6.45) is 4.72. The predicted molar refractivity (Wildman–Crippen MR) is 136 cm³/mol. The summed E-state index contributed by atoms with van der Waals surface area (Å²) in [6.45, 7) is 8.57. The van der Waals surface area contributed by atoms with Gasteiger partial charge in [-0.15, -0.1) is 11.3 Å². The van der Waals surface area contributed by atoms with Crippen LogP contribution >= 0.6 is 11.3 Å². The van der Waals surface area contributed by atoms with E-state index in [1.165, 1.54) is 0 Å². The number of aromatic nitrogens is 2. The summed E-state index contributed by atoms with van der Waals surface area (Å²) in [7, 11) is -4.17. The maximum Gasteiger partial charge on any atom is 0.421 e. The van der Waals surface area contributed by atoms with Gasteiger partial charge in [-0.3, -0.25) is 0 Å². The number of nitrogens with zero attached hydrogens (tertiary/aromatic N) is 3. The van der Waals surface area contributed by atoms with Gasteiger partial charge in [-0.1, -0.05) is 39.3 Å². The minimum Gasteiger partial charge on any atom is -0.449 e. The van der Waals surface area contributed by atoms with Crippen molar-refractivity contribution in [3.05, 3.63) is 58.5 Å². The monoisotopic (exact) mass is 514 g/mol. The summed E-state index contributed by atoms with van der Waals surface area (Å²) in [6, 6.07) is 9.39. The molecule has 2 heterocycles. The van der Waals surface area contributed by atoms with Gasteiger partial charge in [-0.2, -0.15) is 5.26 Å². The molecule has 1 N–H and O–H groups in total. The zero-order valence-corrected chi connectivity index (χ0v) is 22.0. The molecule has 2 aromatic heterocycles. The molecule has 0 fully saturated rings. The lowest BCUT2D eigenvalue weighted by Crippen LogP contribution is -2.31. The van der Waals surface area contributed by atoms with Gasteiger partial charge in [0.2, 0.25) is 0 Å². The third-order valence-corrected chi connectivity index (χ3v) is 8.36. The number of aryl methyl sites for hydroxylation is 1. The van der Waals surface area contributed by atoms with Crippen molar-refractivity contribution in [1.29, 1.82) is 5.26 Å². The Kier molecular flexibility index (Phi) is 8.70. The number of carbonyl (C=O) groups is 1. The lowest BCUT2D eigenvalue weighted by Gasteiger charge is -2.11. The van der Waals surface area contributed by atoms with Gasteiger partial charge in [-0.25, -0.2) is 22.9 Å². The SMILES string of the molecule is CCCCOC(=O)NS(=O)(=O)c1sc(CC(C)C)cc1-c1ccc(Cn2ccnc2C)c(C#N)c1. The highest BCUT2D eigenvalue weighted by Crippen LogP contribution is 2.37. The van der Waals surface area contributed by atoms with E-state index in [9.17, 15) is 18.5 Å². The van der Waals surface area contributed by atoms with E-state index >= 15 is 0 Å². The minimum absolute atomic E-state index is 0.0303. The quantitative estimate of drug-likeness (QED) is 0.370. The highest BCUT2D eigenvalue weighted by Gasteiger charge is 2.26. The number of benzene rings is 1. The van der Waals surface area contributed by atoms with E-state index in [-0.39, 0.29) is 10.8 Å². The number of imidazole rings is 1. The van der Waals surface area contributed by atoms with Crippen molar-refractivity contribution in [2.75, 3.05) is 6.61 Å². The first-order valence-electron chi connectivity index (χ1n) is 11.5. The summed E-state index contributed by atoms with van der Waals surface area (Å²) in [4.78, 5) is 17.2. The maximum absolute atomic E-state index is 13.2. The van der Waals surface area contributed by atoms with Gasteiger partial charge < -0.3 is 9.30 Å². The van der Waals surface area contributed by atoms with Crippen LogP contribution in [-0.4, -0.2) is 30.7 Å². The molecule has 0 unspecified atom stereocenters. The topological polar surface area (TPSA) is 114 Å². The molecular formula is C25H30N4O4S2. The molecule has 0 atom stereocenters. The highest BCUT2D eigenvalue weighted by atomic mass is 32.2. The van der Waals surface area contributed by atoms with Crippen LogP contribution in [0.4, 0.5) is 4.79 Å². The first-order valence-corrected chi connectivity index (χ1v) is 13.8. The van der Waals surface area contributed by atoms with E-state index in [4.69, 9.17) is 4.74 Å². The molecule has 0 saturated carbocycles. The normalized spacial score (nSPS) is 11.4. The molecule has 35 heavy (non-hydrogen) atoms. The molecule has 8 nitrogen and oxygen atoms in total. The molecule has 0 spiro atoms. The van der Waals surface area contributed by atoms with E-state index in [1.54, 1.807) is 12.3 Å². The number of unbranched alkanes of at least 4 members (excludes halogenated alkanes) is 1. The van der Waals surface area contributed by atoms with Crippen LogP contribution in [0.1, 0.15) is 55.4 Å². The van der Waals surface area contributed by atoms with Gasteiger partial charge in [0.1, 0.15) is 10.0 Å². The molecule has 0 aliphatic carbocycles. The summed E-state index contributed by atoms with van der Waals surface area (Å²) in [5, 5.41) is 9.80. The van der Waals surface area contributed by atoms with Gasteiger partial charge in [0.05, 0.1) is 24.8 Å². The number of nitrogens with one attached hydrogen (secondary N) is 1. The number of carbonyl (C=O) groups excluding carboxylic acids is 1. The van der Waals surface area contributed by atoms with Crippen LogP contribution in [0.3, 0.4) is 0 Å². The Morgan fingerprint density at radius 1 is 1.31 bits per heavy atom. The number of nitriles is 1. The molecule has 0 radical (unpaired) electrons. The van der Waals surface area contributed by atoms with E-state index < -0.39 is 16.1 Å². The number of sulfonamides is 1. The van der Waals surface area contributed by atoms with Crippen molar-refractivity contribution < 1.29 is 17.9 Å².